The van der Waals surface area contributed by atoms with E-state index in [1.807, 2.05) is 0 Å². The Balaban J connectivity index is 4.63. The van der Waals surface area contributed by atoms with Crippen LogP contribution >= 0.6 is 0 Å². The Hall–Kier alpha value is -0.620. The molecular formula is C9H19NO4S. The number of hydrogen-bond acceptors (Lipinski definition) is 3. The van der Waals surface area contributed by atoms with Crippen LogP contribution in [0, 0.1) is 5.92 Å². The van der Waals surface area contributed by atoms with E-state index in [4.69, 9.17) is 5.11 Å². The van der Waals surface area contributed by atoms with Crippen LogP contribution in [0.25, 0.3) is 0 Å². The maximum absolute atomic E-state index is 11.5. The van der Waals surface area contributed by atoms with Crippen LogP contribution in [-0.4, -0.2) is 30.8 Å². The summed E-state index contributed by atoms with van der Waals surface area (Å²) in [5, 5.41) is 8.08. The van der Waals surface area contributed by atoms with Crippen molar-refractivity contribution in [1.29, 1.82) is 0 Å². The van der Waals surface area contributed by atoms with Gasteiger partial charge in [-0.25, -0.2) is 13.1 Å². The topological polar surface area (TPSA) is 83.5 Å². The Morgan fingerprint density at radius 2 is 1.73 bits per heavy atom. The fourth-order valence-corrected chi connectivity index (χ4v) is 2.00. The number of carbonyl (C=O) groups is 1. The number of hydrogen-bond donors (Lipinski definition) is 2. The Morgan fingerprint density at radius 3 is 2.00 bits per heavy atom. The molecule has 0 fully saturated rings. The first-order valence-corrected chi connectivity index (χ1v) is 6.44. The van der Waals surface area contributed by atoms with Gasteiger partial charge in [0.05, 0.1) is 11.7 Å². The molecule has 0 bridgehead atoms. The molecule has 15 heavy (non-hydrogen) atoms. The lowest BCUT2D eigenvalue weighted by Gasteiger charge is -2.21. The molecule has 0 aliphatic heterocycles. The molecule has 6 heteroatoms. The highest BCUT2D eigenvalue weighted by atomic mass is 32.2. The Kier molecular flexibility index (Phi) is 5.23. The third-order valence-electron chi connectivity index (χ3n) is 2.14. The van der Waals surface area contributed by atoms with Crippen molar-refractivity contribution in [3.8, 4) is 0 Å². The van der Waals surface area contributed by atoms with Gasteiger partial charge in [0.25, 0.3) is 0 Å². The van der Waals surface area contributed by atoms with E-state index in [9.17, 15) is 13.2 Å². The van der Waals surface area contributed by atoms with Crippen molar-refractivity contribution in [2.75, 3.05) is 0 Å². The number of sulfonamides is 1. The van der Waals surface area contributed by atoms with Gasteiger partial charge in [0.15, 0.2) is 0 Å². The summed E-state index contributed by atoms with van der Waals surface area (Å²) in [5.74, 6) is -1.05. The fraction of sp³-hybridized carbons (Fsp3) is 0.889. The van der Waals surface area contributed by atoms with Crippen molar-refractivity contribution < 1.29 is 18.3 Å². The second-order valence-electron chi connectivity index (χ2n) is 4.16. The van der Waals surface area contributed by atoms with Crippen LogP contribution in [0.15, 0.2) is 0 Å². The average Bonchev–Trinajstić information content (AvgIpc) is 2.01. The fourth-order valence-electron chi connectivity index (χ4n) is 0.949. The number of aliphatic carboxylic acids is 1. The second kappa shape index (κ2) is 5.46. The number of rotatable bonds is 6. The van der Waals surface area contributed by atoms with E-state index in [-0.39, 0.29) is 12.3 Å². The molecule has 0 saturated carbocycles. The predicted octanol–water partition coefficient (Wildman–Crippen LogP) is 0.814. The maximum atomic E-state index is 11.5. The van der Waals surface area contributed by atoms with Crippen molar-refractivity contribution >= 4 is 16.0 Å². The van der Waals surface area contributed by atoms with Gasteiger partial charge in [-0.2, -0.15) is 0 Å². The van der Waals surface area contributed by atoms with Crippen LogP contribution in [0.5, 0.6) is 0 Å². The summed E-state index contributed by atoms with van der Waals surface area (Å²) in [6.45, 7) is 6.69. The van der Waals surface area contributed by atoms with Gasteiger partial charge in [-0.05, 0) is 19.8 Å². The summed E-state index contributed by atoms with van der Waals surface area (Å²) in [6.07, 6.45) is -0.191. The quantitative estimate of drug-likeness (QED) is 0.716. The van der Waals surface area contributed by atoms with Gasteiger partial charge in [-0.3, -0.25) is 4.79 Å². The zero-order chi connectivity index (χ0) is 12.2. The summed E-state index contributed by atoms with van der Waals surface area (Å²) in [5.41, 5.74) is 0. The molecule has 1 unspecified atom stereocenters. The number of nitrogens with one attached hydrogen (secondary N) is 1. The van der Waals surface area contributed by atoms with Crippen molar-refractivity contribution in [2.45, 2.75) is 45.4 Å². The molecule has 0 aromatic rings. The van der Waals surface area contributed by atoms with Crippen LogP contribution in [-0.2, 0) is 14.8 Å². The first-order valence-electron chi connectivity index (χ1n) is 4.89. The van der Waals surface area contributed by atoms with E-state index < -0.39 is 27.3 Å². The van der Waals surface area contributed by atoms with E-state index in [0.717, 1.165) is 0 Å². The summed E-state index contributed by atoms with van der Waals surface area (Å²) in [6, 6.07) is -0.546. The zero-order valence-electron chi connectivity index (χ0n) is 9.52. The molecule has 2 N–H and O–H groups in total. The molecule has 0 spiro atoms. The summed E-state index contributed by atoms with van der Waals surface area (Å²) >= 11 is 0. The predicted molar refractivity (Wildman–Crippen MR) is 58.1 cm³/mol. The van der Waals surface area contributed by atoms with Gasteiger partial charge >= 0.3 is 5.97 Å². The number of carboxylic acids is 1. The van der Waals surface area contributed by atoms with Gasteiger partial charge in [0.2, 0.25) is 10.0 Å². The lowest BCUT2D eigenvalue weighted by molar-refractivity contribution is -0.137. The molecule has 0 amide bonds. The molecule has 0 rings (SSSR count). The minimum atomic E-state index is -3.40. The Labute approximate surface area is 90.9 Å². The molecule has 0 aliphatic carbocycles. The SMILES string of the molecule is CC(C)C(CC(=O)O)NS(=O)(=O)C(C)C. The second-order valence-corrected chi connectivity index (χ2v) is 6.43. The molecule has 90 valence electrons. The summed E-state index contributed by atoms with van der Waals surface area (Å²) in [4.78, 5) is 10.5. The molecule has 0 aromatic heterocycles. The largest absolute Gasteiger partial charge is 0.481 e. The number of carboxylic acid groups (broad SMARTS) is 1. The monoisotopic (exact) mass is 237 g/mol. The van der Waals surface area contributed by atoms with E-state index >= 15 is 0 Å². The Morgan fingerprint density at radius 1 is 1.27 bits per heavy atom. The van der Waals surface area contributed by atoms with Gasteiger partial charge in [0.1, 0.15) is 0 Å². The molecule has 0 heterocycles. The van der Waals surface area contributed by atoms with Crippen LogP contribution in [0.2, 0.25) is 0 Å². The van der Waals surface area contributed by atoms with Gasteiger partial charge in [0, 0.05) is 6.04 Å². The highest BCUT2D eigenvalue weighted by molar-refractivity contribution is 7.90. The zero-order valence-corrected chi connectivity index (χ0v) is 10.3. The normalized spacial score (nSPS) is 14.5. The molecule has 0 saturated heterocycles. The molecule has 5 nitrogen and oxygen atoms in total. The first kappa shape index (κ1) is 14.4. The third kappa shape index (κ3) is 5.13. The van der Waals surface area contributed by atoms with Gasteiger partial charge in [-0.1, -0.05) is 13.8 Å². The smallest absolute Gasteiger partial charge is 0.304 e. The standard InChI is InChI=1S/C9H19NO4S/c1-6(2)8(5-9(11)12)10-15(13,14)7(3)4/h6-8,10H,5H2,1-4H3,(H,11,12). The molecular weight excluding hydrogens is 218 g/mol. The minimum Gasteiger partial charge on any atom is -0.481 e. The van der Waals surface area contributed by atoms with Crippen LogP contribution in [0.4, 0.5) is 0 Å². The lowest BCUT2D eigenvalue weighted by Crippen LogP contribution is -2.43. The summed E-state index contributed by atoms with van der Waals surface area (Å²) in [7, 11) is -3.40. The van der Waals surface area contributed by atoms with Gasteiger partial charge in [-0.15, -0.1) is 0 Å². The van der Waals surface area contributed by atoms with E-state index in [0.29, 0.717) is 0 Å². The van der Waals surface area contributed by atoms with Crippen molar-refractivity contribution in [1.82, 2.24) is 4.72 Å². The highest BCUT2D eigenvalue weighted by Gasteiger charge is 2.25. The maximum Gasteiger partial charge on any atom is 0.304 e. The van der Waals surface area contributed by atoms with E-state index in [1.165, 1.54) is 0 Å². The minimum absolute atomic E-state index is 0.0466. The molecule has 0 aromatic carbocycles. The summed E-state index contributed by atoms with van der Waals surface area (Å²) < 4.78 is 25.5. The third-order valence-corrected chi connectivity index (χ3v) is 4.01. The van der Waals surface area contributed by atoms with Crippen molar-refractivity contribution in [3.05, 3.63) is 0 Å². The Bertz CT molecular complexity index is 308. The van der Waals surface area contributed by atoms with Gasteiger partial charge < -0.3 is 5.11 Å². The van der Waals surface area contributed by atoms with Crippen LogP contribution < -0.4 is 4.72 Å². The van der Waals surface area contributed by atoms with Crippen LogP contribution in [0.1, 0.15) is 34.1 Å². The highest BCUT2D eigenvalue weighted by Crippen LogP contribution is 2.09. The lowest BCUT2D eigenvalue weighted by atomic mass is 10.0. The molecule has 0 aliphatic rings. The molecule has 0 radical (unpaired) electrons. The van der Waals surface area contributed by atoms with E-state index in [2.05, 4.69) is 4.72 Å². The van der Waals surface area contributed by atoms with Crippen LogP contribution in [0.3, 0.4) is 0 Å². The first-order chi connectivity index (χ1) is 6.66. The average molecular weight is 237 g/mol. The van der Waals surface area contributed by atoms with Crippen molar-refractivity contribution in [2.24, 2.45) is 5.92 Å². The van der Waals surface area contributed by atoms with E-state index in [1.54, 1.807) is 27.7 Å². The van der Waals surface area contributed by atoms with Crippen molar-refractivity contribution in [3.63, 3.8) is 0 Å². The molecule has 1 atom stereocenters.